The minimum Gasteiger partial charge on any atom is -0.477 e. The van der Waals surface area contributed by atoms with Gasteiger partial charge in [0.2, 0.25) is 11.8 Å². The summed E-state index contributed by atoms with van der Waals surface area (Å²) in [5.41, 5.74) is 6.25. The van der Waals surface area contributed by atoms with E-state index in [4.69, 9.17) is 53.1 Å². The first-order valence-corrected chi connectivity index (χ1v) is 41.2. The Kier molecular flexibility index (Phi) is 47.4. The van der Waals surface area contributed by atoms with Crippen LogP contribution in [0.15, 0.2) is 12.2 Å². The summed E-state index contributed by atoms with van der Waals surface area (Å²) >= 11 is 0. The van der Waals surface area contributed by atoms with Crippen LogP contribution in [-0.2, 0) is 61.8 Å². The van der Waals surface area contributed by atoms with E-state index in [1.165, 1.54) is 128 Å². The first-order chi connectivity index (χ1) is 52.9. The van der Waals surface area contributed by atoms with Gasteiger partial charge >= 0.3 is 5.97 Å². The van der Waals surface area contributed by atoms with Crippen molar-refractivity contribution in [1.29, 1.82) is 0 Å². The lowest BCUT2D eigenvalue weighted by Crippen LogP contribution is -2.70. The monoisotopic (exact) mass is 1590 g/mol. The number of hydrogen-bond donors (Lipinski definition) is 20. The third-order valence-electron chi connectivity index (χ3n) is 21.8. The van der Waals surface area contributed by atoms with Crippen LogP contribution in [-0.4, -0.2) is 315 Å². The van der Waals surface area contributed by atoms with Crippen LogP contribution in [0.1, 0.15) is 245 Å². The lowest BCUT2D eigenvalue weighted by atomic mass is 9.89. The summed E-state index contributed by atoms with van der Waals surface area (Å²) in [5, 5.41) is 191. The van der Waals surface area contributed by atoms with Gasteiger partial charge in [-0.2, -0.15) is 0 Å². The van der Waals surface area contributed by atoms with Crippen molar-refractivity contribution in [2.75, 3.05) is 39.6 Å². The second kappa shape index (κ2) is 53.4. The van der Waals surface area contributed by atoms with Crippen LogP contribution in [0.2, 0.25) is 0 Å². The molecule has 0 aromatic heterocycles. The molecule has 644 valence electrons. The first-order valence-electron chi connectivity index (χ1n) is 41.2. The highest BCUT2D eigenvalue weighted by Gasteiger charge is 2.58. The molecular formula is C77H141N3O30. The first kappa shape index (κ1) is 97.6. The zero-order valence-corrected chi connectivity index (χ0v) is 65.2. The van der Waals surface area contributed by atoms with Crippen molar-refractivity contribution < 1.29 is 149 Å². The number of aliphatic hydroxyl groups is 16. The smallest absolute Gasteiger partial charge is 0.364 e. The number of unbranched alkanes of at least 4 members (excludes halogenated alkanes) is 31. The van der Waals surface area contributed by atoms with Gasteiger partial charge < -0.3 is 151 Å². The third-order valence-corrected chi connectivity index (χ3v) is 21.8. The van der Waals surface area contributed by atoms with Gasteiger partial charge in [0.1, 0.15) is 122 Å². The molecule has 0 bridgehead atoms. The summed E-state index contributed by atoms with van der Waals surface area (Å²) in [7, 11) is 0. The van der Waals surface area contributed by atoms with Gasteiger partial charge in [0.05, 0.1) is 57.8 Å². The minimum atomic E-state index is -2.88. The molecule has 33 heteroatoms. The maximum absolute atomic E-state index is 14.3. The van der Waals surface area contributed by atoms with Gasteiger partial charge in [-0.25, -0.2) is 4.79 Å². The Bertz CT molecular complexity index is 2490. The van der Waals surface area contributed by atoms with E-state index in [9.17, 15) is 101 Å². The molecular weight excluding hydrogens is 1450 g/mol. The fourth-order valence-corrected chi connectivity index (χ4v) is 15.0. The van der Waals surface area contributed by atoms with Crippen molar-refractivity contribution in [2.45, 2.75) is 417 Å². The molecule has 5 aliphatic rings. The largest absolute Gasteiger partial charge is 0.477 e. The number of carboxylic acid groups (broad SMARTS) is 1. The topological polar surface area (TPSA) is 538 Å². The third kappa shape index (κ3) is 31.2. The van der Waals surface area contributed by atoms with E-state index in [1.807, 2.05) is 0 Å². The molecule has 28 atom stereocenters. The van der Waals surface area contributed by atoms with Crippen LogP contribution in [0.4, 0.5) is 0 Å². The molecule has 5 saturated heterocycles. The molecule has 0 aromatic rings. The Morgan fingerprint density at radius 1 is 0.500 bits per heavy atom. The second-order valence-corrected chi connectivity index (χ2v) is 30.7. The van der Waals surface area contributed by atoms with Crippen LogP contribution in [0.5, 0.6) is 0 Å². The fraction of sp³-hybridized carbons (Fsp3) is 0.935. The Morgan fingerprint density at radius 3 is 1.38 bits per heavy atom. The van der Waals surface area contributed by atoms with Crippen molar-refractivity contribution in [3.05, 3.63) is 12.2 Å². The van der Waals surface area contributed by atoms with Crippen LogP contribution >= 0.6 is 0 Å². The molecule has 5 rings (SSSR count). The number of aliphatic carboxylic acids is 1. The van der Waals surface area contributed by atoms with Gasteiger partial charge in [-0.1, -0.05) is 219 Å². The molecule has 0 unspecified atom stereocenters. The van der Waals surface area contributed by atoms with Gasteiger partial charge in [0.25, 0.3) is 5.79 Å². The highest BCUT2D eigenvalue weighted by molar-refractivity contribution is 5.77. The van der Waals surface area contributed by atoms with E-state index in [-0.39, 0.29) is 6.42 Å². The maximum Gasteiger partial charge on any atom is 0.364 e. The quantitative estimate of drug-likeness (QED) is 0.0300. The predicted molar refractivity (Wildman–Crippen MR) is 396 cm³/mol. The standard InChI is InChI=1S/C77H141N3O30/c1-4-6-8-10-12-14-16-18-19-20-21-22-23-24-25-27-29-31-33-35-37-39-56(89)80-48(51(38-36-34-32-30-28-26-17-15-13-11-9-7-5-2)109-77(76(99)100)40-49(87)57(78)70(110-77)59(90)50(88)41-81)46-101-73-66(97)64(95)69(55(45-85)105-73)107-75-67(98)71(61(92)53(43-83)103-75)108-72-58(79-47(3)86)62(93)68(54(44-84)104-72)106-74-65(96)63(94)60(91)52(42-82)102-74/h36,38,48-55,57-75,81-85,87-88,90-98H,4-35,37,39-46,78H2,1-3H3,(H,79,86)(H,80,89)(H,99,100)/b38-36-/t48-,49-,50+,51+,52+,53+,54+,55+,57+,58+,59+,60-,61-,62+,63-,64+,65+,66+,67+,68+,69+,70+,71-,72-,73+,74-,75-,77+/m0/s1. The average molecular weight is 1590 g/mol. The molecule has 5 fully saturated rings. The van der Waals surface area contributed by atoms with E-state index in [0.717, 1.165) is 71.1 Å². The van der Waals surface area contributed by atoms with Crippen molar-refractivity contribution in [1.82, 2.24) is 10.6 Å². The number of hydrogen-bond acceptors (Lipinski definition) is 30. The summed E-state index contributed by atoms with van der Waals surface area (Å²) < 4.78 is 59.6. The van der Waals surface area contributed by atoms with Crippen molar-refractivity contribution in [3.63, 3.8) is 0 Å². The Morgan fingerprint density at radius 2 is 0.918 bits per heavy atom. The van der Waals surface area contributed by atoms with E-state index >= 15 is 0 Å². The number of nitrogens with two attached hydrogens (primary N) is 1. The van der Waals surface area contributed by atoms with Gasteiger partial charge in [0, 0.05) is 19.8 Å². The van der Waals surface area contributed by atoms with E-state index in [2.05, 4.69) is 24.5 Å². The Balaban J connectivity index is 1.33. The lowest BCUT2D eigenvalue weighted by molar-refractivity contribution is -0.381. The normalized spacial score (nSPS) is 34.1. The van der Waals surface area contributed by atoms with Gasteiger partial charge in [0.15, 0.2) is 25.2 Å². The van der Waals surface area contributed by atoms with Crippen LogP contribution < -0.4 is 16.4 Å². The van der Waals surface area contributed by atoms with Crippen LogP contribution in [0.3, 0.4) is 0 Å². The minimum absolute atomic E-state index is 0.0210. The molecule has 21 N–H and O–H groups in total. The van der Waals surface area contributed by atoms with Gasteiger partial charge in [-0.15, -0.1) is 0 Å². The van der Waals surface area contributed by atoms with Crippen molar-refractivity contribution in [3.8, 4) is 0 Å². The number of rotatable bonds is 57. The summed E-state index contributed by atoms with van der Waals surface area (Å²) in [4.78, 5) is 40.6. The van der Waals surface area contributed by atoms with E-state index < -0.39 is 235 Å². The molecule has 0 aromatic carbocycles. The zero-order valence-electron chi connectivity index (χ0n) is 65.2. The molecule has 5 aliphatic heterocycles. The average Bonchev–Trinajstić information content (AvgIpc) is 0.774. The number of allylic oxidation sites excluding steroid dienone is 1. The summed E-state index contributed by atoms with van der Waals surface area (Å²) in [5.74, 6) is -6.04. The predicted octanol–water partition coefficient (Wildman–Crippen LogP) is 1.12. The molecule has 5 heterocycles. The van der Waals surface area contributed by atoms with Crippen LogP contribution in [0.25, 0.3) is 0 Å². The fourth-order valence-electron chi connectivity index (χ4n) is 15.0. The van der Waals surface area contributed by atoms with E-state index in [0.29, 0.717) is 25.7 Å². The number of aliphatic hydroxyl groups excluding tert-OH is 16. The summed E-state index contributed by atoms with van der Waals surface area (Å²) in [6.45, 7) is -0.130. The molecule has 0 spiro atoms. The number of carbonyl (C=O) groups is 3. The number of amides is 2. The van der Waals surface area contributed by atoms with Crippen LogP contribution in [0, 0.1) is 0 Å². The van der Waals surface area contributed by atoms with E-state index in [1.54, 1.807) is 6.08 Å². The number of nitrogens with one attached hydrogen (secondary N) is 2. The molecule has 110 heavy (non-hydrogen) atoms. The lowest BCUT2D eigenvalue weighted by Gasteiger charge is -2.50. The van der Waals surface area contributed by atoms with Gasteiger partial charge in [-0.3, -0.25) is 9.59 Å². The summed E-state index contributed by atoms with van der Waals surface area (Å²) in [6, 6.07) is -4.69. The highest BCUT2D eigenvalue weighted by Crippen LogP contribution is 2.38. The van der Waals surface area contributed by atoms with Gasteiger partial charge in [-0.05, 0) is 19.3 Å². The number of carbonyl (C=O) groups excluding carboxylic acids is 2. The van der Waals surface area contributed by atoms with Crippen molar-refractivity contribution >= 4 is 17.8 Å². The number of carboxylic acids is 1. The second-order valence-electron chi connectivity index (χ2n) is 30.7. The summed E-state index contributed by atoms with van der Waals surface area (Å²) in [6.07, 6.45) is -6.28. The van der Waals surface area contributed by atoms with Crippen molar-refractivity contribution in [2.24, 2.45) is 5.73 Å². The Labute approximate surface area is 648 Å². The Hall–Kier alpha value is -2.93. The molecule has 2 amide bonds. The molecule has 33 nitrogen and oxygen atoms in total. The number of ether oxygens (including phenoxy) is 10. The molecule has 0 radical (unpaired) electrons. The molecule has 0 aliphatic carbocycles. The molecule has 0 saturated carbocycles. The zero-order chi connectivity index (χ0) is 80.7. The highest BCUT2D eigenvalue weighted by atomic mass is 16.8. The SMILES string of the molecule is CCCCCCCCCCCCC/C=C\[C@@H](O[C@]1(C(=O)O)C[C@H](O)[C@@H](N)[C@H]([C@H](O)[C@H](O)CO)O1)[C@H](CO[C@@H]1O[C@H](CO)[C@@H](O[C@@H]2O[C@H](CO)[C@H](O)[C@H](O[C@@H]3O[C@H](CO)[C@@H](O[C@@H]4O[C@H](CO)[C@H](O)[C@H](O)[C@H]4O)[C@H](O)[C@H]3NC(C)=O)[C@H]2O)[C@H](O)[C@H]1O)NC(=O)CCCCCCCCCCCCCCCCCCCCCCC. The maximum atomic E-state index is 14.3.